The monoisotopic (exact) mass is 823 g/mol. The van der Waals surface area contributed by atoms with Crippen LogP contribution in [0.4, 0.5) is 18.0 Å². The number of fused-ring (bicyclic) bond motifs is 3. The van der Waals surface area contributed by atoms with Crippen molar-refractivity contribution < 1.29 is 60.1 Å². The summed E-state index contributed by atoms with van der Waals surface area (Å²) in [5.74, 6) is -2.97. The maximum Gasteiger partial charge on any atom is 0.411 e. The molecule has 0 radical (unpaired) electrons. The molecular weight excluding hydrogens is 776 g/mol. The largest absolute Gasteiger partial charge is 0.497 e. The summed E-state index contributed by atoms with van der Waals surface area (Å²) in [5.41, 5.74) is -4.83. The Morgan fingerprint density at radius 2 is 1.91 bits per heavy atom. The minimum absolute atomic E-state index is 0.0287. The number of allylic oxidation sites excluding steroid dienone is 1. The van der Waals surface area contributed by atoms with Gasteiger partial charge in [-0.15, -0.1) is 0 Å². The van der Waals surface area contributed by atoms with Crippen LogP contribution in [-0.4, -0.2) is 119 Å². The molecule has 0 bridgehead atoms. The highest BCUT2D eigenvalue weighted by Gasteiger charge is 2.64. The highest BCUT2D eigenvalue weighted by atomic mass is 32.2. The van der Waals surface area contributed by atoms with Crippen molar-refractivity contribution in [3.63, 3.8) is 0 Å². The molecule has 19 heteroatoms. The lowest BCUT2D eigenvalue weighted by Crippen LogP contribution is -2.68. The Labute approximate surface area is 328 Å². The van der Waals surface area contributed by atoms with Gasteiger partial charge in [-0.05, 0) is 88.9 Å². The quantitative estimate of drug-likeness (QED) is 0.306. The molecule has 312 valence electrons. The Balaban J connectivity index is 1.42. The zero-order valence-electron chi connectivity index (χ0n) is 32.3. The van der Waals surface area contributed by atoms with Crippen LogP contribution < -0.4 is 19.5 Å². The molecule has 1 saturated heterocycles. The second kappa shape index (κ2) is 15.3. The first-order valence-corrected chi connectivity index (χ1v) is 20.3. The van der Waals surface area contributed by atoms with E-state index in [9.17, 15) is 45.9 Å². The van der Waals surface area contributed by atoms with E-state index in [0.29, 0.717) is 56.1 Å². The molecule has 1 aromatic carbocycles. The van der Waals surface area contributed by atoms with Gasteiger partial charge in [0.15, 0.2) is 0 Å². The zero-order valence-corrected chi connectivity index (χ0v) is 33.1. The number of halogens is 3. The number of amides is 4. The molecule has 2 saturated carbocycles. The Hall–Kier alpha value is -4.65. The summed E-state index contributed by atoms with van der Waals surface area (Å²) in [6, 6.07) is 3.24. The first-order chi connectivity index (χ1) is 26.7. The molecule has 15 nitrogen and oxygen atoms in total. The van der Waals surface area contributed by atoms with Crippen molar-refractivity contribution in [1.29, 1.82) is 0 Å². The van der Waals surface area contributed by atoms with Crippen LogP contribution in [0.2, 0.25) is 0 Å². The summed E-state index contributed by atoms with van der Waals surface area (Å²) in [6.07, 6.45) is -3.60. The van der Waals surface area contributed by atoms with Crippen LogP contribution in [0.3, 0.4) is 0 Å². The van der Waals surface area contributed by atoms with E-state index in [1.165, 1.54) is 20.2 Å². The lowest BCUT2D eigenvalue weighted by atomic mass is 9.95. The van der Waals surface area contributed by atoms with Gasteiger partial charge < -0.3 is 29.5 Å². The predicted octanol–water partition coefficient (Wildman–Crippen LogP) is 4.30. The predicted molar refractivity (Wildman–Crippen MR) is 199 cm³/mol. The van der Waals surface area contributed by atoms with E-state index in [2.05, 4.69) is 15.0 Å². The van der Waals surface area contributed by atoms with E-state index in [-0.39, 0.29) is 36.6 Å². The number of sulfonamides is 1. The van der Waals surface area contributed by atoms with Crippen molar-refractivity contribution in [2.45, 2.75) is 119 Å². The topological polar surface area (TPSA) is 194 Å². The molecule has 3 heterocycles. The highest BCUT2D eigenvalue weighted by Crippen LogP contribution is 2.48. The first-order valence-electron chi connectivity index (χ1n) is 18.9. The Kier molecular flexibility index (Phi) is 11.2. The van der Waals surface area contributed by atoms with Gasteiger partial charge >= 0.3 is 12.3 Å². The molecule has 4 amide bonds. The van der Waals surface area contributed by atoms with Crippen molar-refractivity contribution in [3.05, 3.63) is 42.6 Å². The smallest absolute Gasteiger partial charge is 0.411 e. The fraction of sp³-hybridized carbons (Fsp3) is 0.605. The molecule has 57 heavy (non-hydrogen) atoms. The Morgan fingerprint density at radius 3 is 2.54 bits per heavy atom. The van der Waals surface area contributed by atoms with Crippen molar-refractivity contribution in [1.82, 2.24) is 24.8 Å². The molecule has 2 aromatic rings. The number of carboxylic acid groups (broad SMARTS) is 1. The maximum absolute atomic E-state index is 14.9. The molecular formula is C38H48F3N5O10S. The minimum Gasteiger partial charge on any atom is -0.497 e. The number of hydrogen-bond donors (Lipinski definition) is 3. The van der Waals surface area contributed by atoms with Crippen LogP contribution in [0.15, 0.2) is 42.6 Å². The number of carbonyl (C=O) groups excluding carboxylic acids is 3. The fourth-order valence-electron chi connectivity index (χ4n) is 7.52. The van der Waals surface area contributed by atoms with Crippen LogP contribution in [0.25, 0.3) is 10.8 Å². The van der Waals surface area contributed by atoms with Gasteiger partial charge in [0.1, 0.15) is 35.0 Å². The van der Waals surface area contributed by atoms with Gasteiger partial charge in [-0.2, -0.15) is 13.2 Å². The molecule has 6 rings (SSSR count). The molecule has 1 aromatic heterocycles. The van der Waals surface area contributed by atoms with E-state index in [1.54, 1.807) is 43.3 Å². The van der Waals surface area contributed by atoms with Crippen LogP contribution in [0.1, 0.15) is 72.6 Å². The zero-order chi connectivity index (χ0) is 41.7. The van der Waals surface area contributed by atoms with E-state index in [4.69, 9.17) is 14.2 Å². The summed E-state index contributed by atoms with van der Waals surface area (Å²) < 4.78 is 88.9. The molecule has 0 spiro atoms. The van der Waals surface area contributed by atoms with Gasteiger partial charge in [-0.3, -0.25) is 24.0 Å². The van der Waals surface area contributed by atoms with Gasteiger partial charge in [0.05, 0.1) is 24.5 Å². The van der Waals surface area contributed by atoms with Crippen LogP contribution in [0.5, 0.6) is 11.6 Å². The number of hydrogen-bond acceptors (Lipinski definition) is 10. The number of nitrogens with zero attached hydrogens (tertiary/aromatic N) is 3. The second-order valence-corrected chi connectivity index (χ2v) is 18.1. The number of aromatic nitrogens is 1. The van der Waals surface area contributed by atoms with Crippen LogP contribution in [0, 0.1) is 5.92 Å². The fourth-order valence-corrected chi connectivity index (χ4v) is 8.84. The molecule has 0 unspecified atom stereocenters. The SMILES string of the molecule is CC[C@@H]1OCCC/C=C\[C@@H]2C[C@@]2(C(=O)NS(=O)(=O)C2(C)CC2)NC(=O)[C@@H]2C[C@@H](Oc3nccc4cc(OC)ccc34)CN2C(=O)[C@H]1N(C(=O)O)C(C)(C)C(F)(F)F. The van der Waals surface area contributed by atoms with E-state index in [0.717, 1.165) is 4.90 Å². The number of pyridine rings is 1. The molecule has 2 aliphatic heterocycles. The molecule has 3 fully saturated rings. The standard InChI is InChI=1S/C38H48F3N5O10S/c1-6-28-29(46(34(50)51)35(2,3)38(39,40)41)32(48)45-21-25(56-31-26-12-11-24(54-5)18-22(26)13-16-42-31)19-27(45)30(47)43-37(20-23(37)10-8-7-9-17-55-28)33(49)44-57(52,53)36(4)14-15-36/h8,10-13,16,18,23,25,27-29H,6-7,9,14-15,17,19-21H2,1-5H3,(H,43,47)(H,44,49)(H,50,51)/b10-8-/t23-,25-,27+,28+,29+,37-/m1/s1. The number of benzene rings is 1. The number of carbonyl (C=O) groups is 4. The first kappa shape index (κ1) is 42.0. The molecule has 3 N–H and O–H groups in total. The third-order valence-corrected chi connectivity index (χ3v) is 13.8. The third kappa shape index (κ3) is 7.96. The van der Waals surface area contributed by atoms with Crippen LogP contribution in [-0.2, 0) is 29.1 Å². The number of ether oxygens (including phenoxy) is 3. The maximum atomic E-state index is 14.9. The van der Waals surface area contributed by atoms with Crippen molar-refractivity contribution >= 4 is 44.6 Å². The summed E-state index contributed by atoms with van der Waals surface area (Å²) >= 11 is 0. The number of rotatable bonds is 9. The number of methoxy groups -OCH3 is 1. The number of nitrogens with one attached hydrogen (secondary N) is 2. The second-order valence-electron chi connectivity index (χ2n) is 15.9. The Morgan fingerprint density at radius 1 is 1.19 bits per heavy atom. The summed E-state index contributed by atoms with van der Waals surface area (Å²) in [6.45, 7) is 3.89. The lowest BCUT2D eigenvalue weighted by molar-refractivity contribution is -0.225. The van der Waals surface area contributed by atoms with Gasteiger partial charge in [0.2, 0.25) is 27.7 Å². The summed E-state index contributed by atoms with van der Waals surface area (Å²) in [7, 11) is -2.62. The lowest BCUT2D eigenvalue weighted by Gasteiger charge is -2.45. The highest BCUT2D eigenvalue weighted by molar-refractivity contribution is 7.91. The Bertz CT molecular complexity index is 2060. The van der Waals surface area contributed by atoms with E-state index >= 15 is 0 Å². The summed E-state index contributed by atoms with van der Waals surface area (Å²) in [4.78, 5) is 61.5. The van der Waals surface area contributed by atoms with E-state index < -0.39 is 92.6 Å². The van der Waals surface area contributed by atoms with Crippen LogP contribution >= 0.6 is 0 Å². The molecule has 4 aliphatic rings. The van der Waals surface area contributed by atoms with Gasteiger partial charge in [-0.1, -0.05) is 19.1 Å². The van der Waals surface area contributed by atoms with E-state index in [1.807, 2.05) is 0 Å². The number of alkyl halides is 3. The van der Waals surface area contributed by atoms with Gasteiger partial charge in [0.25, 0.3) is 5.91 Å². The molecule has 2 aliphatic carbocycles. The van der Waals surface area contributed by atoms with Gasteiger partial charge in [-0.25, -0.2) is 18.2 Å². The summed E-state index contributed by atoms with van der Waals surface area (Å²) in [5, 5.41) is 14.4. The average Bonchev–Trinajstić information content (AvgIpc) is 4.02. The van der Waals surface area contributed by atoms with Crippen molar-refractivity contribution in [2.75, 3.05) is 20.3 Å². The van der Waals surface area contributed by atoms with Gasteiger partial charge in [0, 0.05) is 30.5 Å². The normalized spacial score (nSPS) is 28.5. The average molecular weight is 824 g/mol. The molecule has 6 atom stereocenters. The third-order valence-electron chi connectivity index (χ3n) is 11.7. The van der Waals surface area contributed by atoms with Crippen molar-refractivity contribution in [2.24, 2.45) is 5.92 Å². The minimum atomic E-state index is -5.14. The van der Waals surface area contributed by atoms with Crippen molar-refractivity contribution in [3.8, 4) is 11.6 Å².